The lowest BCUT2D eigenvalue weighted by molar-refractivity contribution is -0.125. The molecule has 2 atom stereocenters. The fourth-order valence-electron chi connectivity index (χ4n) is 2.93. The maximum Gasteiger partial charge on any atom is 0.229 e. The van der Waals surface area contributed by atoms with Gasteiger partial charge in [0, 0.05) is 18.8 Å². The molecule has 19 heavy (non-hydrogen) atoms. The second kappa shape index (κ2) is 4.85. The van der Waals surface area contributed by atoms with Crippen molar-refractivity contribution in [2.75, 3.05) is 25.1 Å². The Morgan fingerprint density at radius 2 is 2.32 bits per heavy atom. The third kappa shape index (κ3) is 2.45. The maximum atomic E-state index is 12.5. The lowest BCUT2D eigenvalue weighted by atomic mass is 9.92. The van der Waals surface area contributed by atoms with Crippen molar-refractivity contribution in [1.29, 1.82) is 0 Å². The molecular weight excluding hydrogens is 240 g/mol. The molecule has 0 aromatic heterocycles. The maximum absolute atomic E-state index is 12.5. The van der Waals surface area contributed by atoms with Crippen molar-refractivity contribution in [3.05, 3.63) is 29.8 Å². The zero-order valence-electron chi connectivity index (χ0n) is 11.2. The molecule has 3 rings (SSSR count). The third-order valence-corrected chi connectivity index (χ3v) is 4.01. The molecule has 2 aliphatic heterocycles. The quantitative estimate of drug-likeness (QED) is 0.853. The van der Waals surface area contributed by atoms with Crippen LogP contribution in [0.15, 0.2) is 24.3 Å². The van der Waals surface area contributed by atoms with E-state index in [1.54, 1.807) is 0 Å². The summed E-state index contributed by atoms with van der Waals surface area (Å²) in [5.74, 6) is 0.0143. The van der Waals surface area contributed by atoms with E-state index in [-0.39, 0.29) is 17.4 Å². The number of carbonyl (C=O) groups is 1. The van der Waals surface area contributed by atoms with Crippen LogP contribution in [-0.4, -0.2) is 31.2 Å². The Balaban J connectivity index is 1.72. The van der Waals surface area contributed by atoms with Gasteiger partial charge in [0.15, 0.2) is 0 Å². The Hall–Kier alpha value is -1.55. The molecule has 1 saturated heterocycles. The summed E-state index contributed by atoms with van der Waals surface area (Å²) in [4.78, 5) is 12.5. The molecule has 0 bridgehead atoms. The number of benzene rings is 1. The number of hydrogen-bond acceptors (Lipinski definition) is 3. The van der Waals surface area contributed by atoms with Gasteiger partial charge in [0.25, 0.3) is 0 Å². The van der Waals surface area contributed by atoms with Gasteiger partial charge < -0.3 is 15.4 Å². The molecule has 2 aliphatic rings. The van der Waals surface area contributed by atoms with Gasteiger partial charge in [-0.2, -0.15) is 0 Å². The van der Waals surface area contributed by atoms with Crippen molar-refractivity contribution >= 4 is 11.6 Å². The molecule has 2 heterocycles. The van der Waals surface area contributed by atoms with Gasteiger partial charge in [-0.1, -0.05) is 18.2 Å². The van der Waals surface area contributed by atoms with Crippen LogP contribution in [-0.2, 0) is 9.53 Å². The van der Waals surface area contributed by atoms with Crippen LogP contribution in [0, 0.1) is 0 Å². The molecular formula is C15H20N2O2. The minimum absolute atomic E-state index is 0.0880. The Bertz CT molecular complexity index is 481. The Morgan fingerprint density at radius 3 is 3.11 bits per heavy atom. The number of hydrogen-bond donors (Lipinski definition) is 2. The van der Waals surface area contributed by atoms with Crippen LogP contribution in [0.25, 0.3) is 0 Å². The highest BCUT2D eigenvalue weighted by atomic mass is 16.5. The summed E-state index contributed by atoms with van der Waals surface area (Å²) in [5, 5.41) is 6.46. The number of ether oxygens (including phenoxy) is 1. The predicted molar refractivity (Wildman–Crippen MR) is 74.3 cm³/mol. The fraction of sp³-hybridized carbons (Fsp3) is 0.533. The van der Waals surface area contributed by atoms with Crippen LogP contribution < -0.4 is 10.6 Å². The second-order valence-corrected chi connectivity index (χ2v) is 5.73. The molecule has 1 aromatic carbocycles. The van der Waals surface area contributed by atoms with E-state index in [4.69, 9.17) is 4.74 Å². The number of carbonyl (C=O) groups excluding carboxylic acids is 1. The van der Waals surface area contributed by atoms with E-state index in [0.29, 0.717) is 13.2 Å². The normalized spacial score (nSPS) is 29.4. The summed E-state index contributed by atoms with van der Waals surface area (Å²) < 4.78 is 5.49. The smallest absolute Gasteiger partial charge is 0.229 e. The SMILES string of the molecule is CC1(NC(=O)C2CNc3ccccc32)CCCOC1. The molecule has 4 heteroatoms. The van der Waals surface area contributed by atoms with Crippen LogP contribution in [0.1, 0.15) is 31.2 Å². The van der Waals surface area contributed by atoms with E-state index in [1.807, 2.05) is 24.3 Å². The van der Waals surface area contributed by atoms with E-state index < -0.39 is 0 Å². The van der Waals surface area contributed by atoms with E-state index in [0.717, 1.165) is 30.7 Å². The zero-order chi connectivity index (χ0) is 13.3. The van der Waals surface area contributed by atoms with Crippen molar-refractivity contribution in [1.82, 2.24) is 5.32 Å². The average molecular weight is 260 g/mol. The Labute approximate surface area is 113 Å². The fourth-order valence-corrected chi connectivity index (χ4v) is 2.93. The lowest BCUT2D eigenvalue weighted by Crippen LogP contribution is -2.53. The molecule has 0 radical (unpaired) electrons. The van der Waals surface area contributed by atoms with Gasteiger partial charge in [0.2, 0.25) is 5.91 Å². The number of rotatable bonds is 2. The largest absolute Gasteiger partial charge is 0.384 e. The highest BCUT2D eigenvalue weighted by Crippen LogP contribution is 2.32. The first-order valence-corrected chi connectivity index (χ1v) is 6.91. The van der Waals surface area contributed by atoms with Gasteiger partial charge in [0.1, 0.15) is 0 Å². The molecule has 1 amide bonds. The van der Waals surface area contributed by atoms with Crippen molar-refractivity contribution in [2.45, 2.75) is 31.2 Å². The molecule has 2 N–H and O–H groups in total. The van der Waals surface area contributed by atoms with Crippen LogP contribution in [0.2, 0.25) is 0 Å². The predicted octanol–water partition coefficient (Wildman–Crippen LogP) is 1.88. The number of fused-ring (bicyclic) bond motifs is 1. The number of para-hydroxylation sites is 1. The van der Waals surface area contributed by atoms with Crippen molar-refractivity contribution in [2.24, 2.45) is 0 Å². The Kier molecular flexibility index (Phi) is 3.19. The van der Waals surface area contributed by atoms with E-state index in [9.17, 15) is 4.79 Å². The first kappa shape index (κ1) is 12.5. The highest BCUT2D eigenvalue weighted by molar-refractivity contribution is 5.88. The minimum Gasteiger partial charge on any atom is -0.384 e. The molecule has 102 valence electrons. The summed E-state index contributed by atoms with van der Waals surface area (Å²) in [6.07, 6.45) is 2.00. The monoisotopic (exact) mass is 260 g/mol. The lowest BCUT2D eigenvalue weighted by Gasteiger charge is -2.35. The molecule has 0 saturated carbocycles. The van der Waals surface area contributed by atoms with Crippen molar-refractivity contribution < 1.29 is 9.53 Å². The molecule has 1 aromatic rings. The highest BCUT2D eigenvalue weighted by Gasteiger charge is 2.34. The molecule has 1 fully saturated rings. The second-order valence-electron chi connectivity index (χ2n) is 5.73. The van der Waals surface area contributed by atoms with Gasteiger partial charge in [-0.3, -0.25) is 4.79 Å². The summed E-state index contributed by atoms with van der Waals surface area (Å²) in [7, 11) is 0. The van der Waals surface area contributed by atoms with Gasteiger partial charge in [-0.25, -0.2) is 0 Å². The molecule has 0 spiro atoms. The Morgan fingerprint density at radius 1 is 1.47 bits per heavy atom. The first-order valence-electron chi connectivity index (χ1n) is 6.91. The van der Waals surface area contributed by atoms with Crippen LogP contribution in [0.4, 0.5) is 5.69 Å². The first-order chi connectivity index (χ1) is 9.18. The summed E-state index contributed by atoms with van der Waals surface area (Å²) in [6.45, 7) is 4.17. The number of anilines is 1. The molecule has 2 unspecified atom stereocenters. The number of amides is 1. The van der Waals surface area contributed by atoms with Gasteiger partial charge >= 0.3 is 0 Å². The van der Waals surface area contributed by atoms with Crippen LogP contribution in [0.3, 0.4) is 0 Å². The molecule has 0 aliphatic carbocycles. The van der Waals surface area contributed by atoms with Crippen molar-refractivity contribution in [3.8, 4) is 0 Å². The van der Waals surface area contributed by atoms with Gasteiger partial charge in [-0.15, -0.1) is 0 Å². The van der Waals surface area contributed by atoms with Gasteiger partial charge in [0.05, 0.1) is 18.1 Å². The standard InChI is InChI=1S/C15H20N2O2/c1-15(7-4-8-19-10-15)17-14(18)12-9-16-13-6-3-2-5-11(12)13/h2-3,5-6,12,16H,4,7-10H2,1H3,(H,17,18). The average Bonchev–Trinajstić information content (AvgIpc) is 2.83. The van der Waals surface area contributed by atoms with Gasteiger partial charge in [-0.05, 0) is 31.4 Å². The van der Waals surface area contributed by atoms with Crippen molar-refractivity contribution in [3.63, 3.8) is 0 Å². The van der Waals surface area contributed by atoms with Crippen LogP contribution in [0.5, 0.6) is 0 Å². The summed E-state index contributed by atoms with van der Waals surface area (Å²) in [6, 6.07) is 8.02. The zero-order valence-corrected chi connectivity index (χ0v) is 11.2. The topological polar surface area (TPSA) is 50.4 Å². The summed E-state index contributed by atoms with van der Waals surface area (Å²) >= 11 is 0. The van der Waals surface area contributed by atoms with E-state index >= 15 is 0 Å². The van der Waals surface area contributed by atoms with Crippen LogP contribution >= 0.6 is 0 Å². The summed E-state index contributed by atoms with van der Waals surface area (Å²) in [5.41, 5.74) is 1.96. The molecule has 4 nitrogen and oxygen atoms in total. The third-order valence-electron chi connectivity index (χ3n) is 4.01. The van der Waals surface area contributed by atoms with E-state index in [2.05, 4.69) is 17.6 Å². The number of nitrogens with one attached hydrogen (secondary N) is 2. The van der Waals surface area contributed by atoms with E-state index in [1.165, 1.54) is 0 Å². The minimum atomic E-state index is -0.215.